The number of halogens is 10. The quantitative estimate of drug-likeness (QED) is 0.0767. The van der Waals surface area contributed by atoms with Gasteiger partial charge in [0, 0.05) is 199 Å². The number of imide groups is 2. The van der Waals surface area contributed by atoms with E-state index in [4.69, 9.17) is 43.4 Å². The smallest absolute Gasteiger partial charge is 0.275 e. The predicted molar refractivity (Wildman–Crippen MR) is 374 cm³/mol. The van der Waals surface area contributed by atoms with Gasteiger partial charge in [0.15, 0.2) is 64.4 Å². The van der Waals surface area contributed by atoms with Crippen molar-refractivity contribution in [2.75, 3.05) is 111 Å². The van der Waals surface area contributed by atoms with E-state index in [1.54, 1.807) is 6.92 Å². The number of hydrogen-bond donors (Lipinski definition) is 3. The van der Waals surface area contributed by atoms with Crippen LogP contribution in [0, 0.1) is 151 Å². The molecular formula is C73H62F10N22O4W2Y-2. The maximum atomic E-state index is 14.4. The van der Waals surface area contributed by atoms with Crippen molar-refractivity contribution in [3.05, 3.63) is 149 Å². The van der Waals surface area contributed by atoms with E-state index in [9.17, 15) is 63.1 Å². The van der Waals surface area contributed by atoms with Crippen LogP contribution in [0.4, 0.5) is 43.9 Å². The standard InChI is InChI=1S/C17H11N2O4.C16F6N4.C12F4N4.3C7H13N3.C7H12N3.2W.Y/c1-3-19-16(22)10-6-4-8-12-9(15(21)18(2)14(8)20)5-7-11(13(10)12)17(19)23;17-11-7(5(1-23)2-24)13(19)15(21)10-9(11)16(22)14(20)8(12(10)18)6(3-25)4-26;1-20-6(4-19)8-11(15)9(13)7(5(2-17)3-18)10(14)12(8)16;4*1-3-8-7-9-4-2-6-10(7)5-1;;;/h4-7H,2-3H2,1H3;;;3*1-6H2,(H,8,9);1-6H2;;;/q-1;;;;;;-1;;;. The minimum absolute atomic E-state index is 0. The summed E-state index contributed by atoms with van der Waals surface area (Å²) in [4.78, 5) is 80.8. The summed E-state index contributed by atoms with van der Waals surface area (Å²) >= 11 is 0. The second-order valence-electron chi connectivity index (χ2n) is 24.5. The van der Waals surface area contributed by atoms with Gasteiger partial charge in [0.1, 0.15) is 64.8 Å². The van der Waals surface area contributed by atoms with Gasteiger partial charge in [-0.05, 0) is 109 Å². The van der Waals surface area contributed by atoms with Crippen LogP contribution in [-0.2, 0) is 74.8 Å². The van der Waals surface area contributed by atoms with Crippen LogP contribution >= 0.6 is 0 Å². The number of nitrogens with zero attached hydrogens (tertiary/aromatic N) is 19. The summed E-state index contributed by atoms with van der Waals surface area (Å²) in [5.41, 5.74) is -3.75. The van der Waals surface area contributed by atoms with Gasteiger partial charge in [0.25, 0.3) is 17.5 Å². The zero-order valence-corrected chi connectivity index (χ0v) is 68.2. The van der Waals surface area contributed by atoms with Crippen LogP contribution in [0.5, 0.6) is 0 Å². The van der Waals surface area contributed by atoms with Crippen molar-refractivity contribution in [3.63, 3.8) is 0 Å². The fourth-order valence-corrected chi connectivity index (χ4v) is 12.8. The Morgan fingerprint density at radius 2 is 0.741 bits per heavy atom. The molecule has 10 aliphatic heterocycles. The summed E-state index contributed by atoms with van der Waals surface area (Å²) in [7, 11) is 3.47. The van der Waals surface area contributed by atoms with Gasteiger partial charge < -0.3 is 50.8 Å². The molecule has 1 radical (unpaired) electrons. The number of nitriles is 7. The normalized spacial score (nSPS) is 16.1. The molecule has 0 spiro atoms. The average molecular weight is 1960 g/mol. The van der Waals surface area contributed by atoms with Crippen molar-refractivity contribution >= 4 is 91.4 Å². The SMILES string of the molecule is C1CN=C2NCCCN2C1.C1CN=C2NCCCN2C1.C1CN=C2NCCCN2C1.C1CN=C2[N-]CCCN2C1.N#CC(C#N)=c1c(F)c(F)c2c(F)c(=C(C#N)C#N)c(F)c(F)c2c1F.[C-]#[N+]C(C#N)=c1c(F)c(F)c(=C(C#N)C#N)c(F)c1F.[CH2-]N1C(=O)c2ccc3c4c(ccc(c24)C1=O)C(=O)N(CC)C3=O.[W].[W].[Y]. The first-order chi connectivity index (χ1) is 52.5. The summed E-state index contributed by atoms with van der Waals surface area (Å²) in [5, 5.41) is 65.5. The largest absolute Gasteiger partial charge is 0.430 e. The van der Waals surface area contributed by atoms with Crippen LogP contribution in [0.15, 0.2) is 44.2 Å². The first-order valence-electron chi connectivity index (χ1n) is 34.0. The molecule has 4 fully saturated rings. The number of rotatable bonds is 1. The van der Waals surface area contributed by atoms with Crippen molar-refractivity contribution in [3.8, 4) is 42.5 Å². The summed E-state index contributed by atoms with van der Waals surface area (Å²) in [6.07, 6.45) is 9.89. The number of amides is 4. The molecular weight excluding hydrogens is 1900 g/mol. The Bertz CT molecular complexity index is 4890. The number of carbonyl (C=O) groups is 4. The first kappa shape index (κ1) is 90.0. The Morgan fingerprint density at radius 3 is 1.06 bits per heavy atom. The zero-order chi connectivity index (χ0) is 78.9. The predicted octanol–water partition coefficient (Wildman–Crippen LogP) is 5.85. The topological polar surface area (TPSA) is 358 Å². The molecule has 4 amide bonds. The van der Waals surface area contributed by atoms with Crippen LogP contribution < -0.4 is 36.8 Å². The van der Waals surface area contributed by atoms with Gasteiger partial charge in [-0.2, -0.15) is 31.6 Å². The van der Waals surface area contributed by atoms with Crippen LogP contribution in [0.2, 0.25) is 0 Å². The molecule has 10 heterocycles. The Hall–Kier alpha value is -10.8. The van der Waals surface area contributed by atoms with E-state index in [0.717, 1.165) is 128 Å². The van der Waals surface area contributed by atoms with Gasteiger partial charge >= 0.3 is 0 Å². The summed E-state index contributed by atoms with van der Waals surface area (Å²) in [5.74, 6) is -18.6. The van der Waals surface area contributed by atoms with Gasteiger partial charge in [-0.3, -0.25) is 39.1 Å². The van der Waals surface area contributed by atoms with Crippen molar-refractivity contribution in [1.82, 2.24) is 45.3 Å². The molecule has 0 bridgehead atoms. The molecule has 0 saturated carbocycles. The number of benzene rings is 5. The van der Waals surface area contributed by atoms with E-state index in [1.807, 2.05) is 0 Å². The van der Waals surface area contributed by atoms with Crippen LogP contribution in [0.3, 0.4) is 0 Å². The zero-order valence-electron chi connectivity index (χ0n) is 59.5. The monoisotopic (exact) mass is 1960 g/mol. The number of carbonyl (C=O) groups excluding carboxylic acids is 4. The van der Waals surface area contributed by atoms with Crippen LogP contribution in [-0.4, -0.2) is 188 Å². The minimum atomic E-state index is -2.23. The van der Waals surface area contributed by atoms with Gasteiger partial charge in [-0.1, -0.05) is 0 Å². The third kappa shape index (κ3) is 18.8. The molecule has 0 atom stereocenters. The molecule has 10 aliphatic rings. The Kier molecular flexibility index (Phi) is 33.3. The third-order valence-corrected chi connectivity index (χ3v) is 18.0. The van der Waals surface area contributed by atoms with Crippen molar-refractivity contribution < 1.29 is 138 Å². The second kappa shape index (κ2) is 41.4. The molecule has 15 rings (SSSR count). The number of aliphatic imine (C=N–C) groups is 4. The van der Waals surface area contributed by atoms with E-state index in [0.29, 0.717) is 21.9 Å². The number of fused-ring (bicyclic) bond motifs is 5. The Labute approximate surface area is 687 Å². The molecule has 0 unspecified atom stereocenters. The van der Waals surface area contributed by atoms with Crippen LogP contribution in [0.25, 0.3) is 54.1 Å². The molecule has 5 aromatic rings. The minimum Gasteiger partial charge on any atom is -0.430 e. The van der Waals surface area contributed by atoms with E-state index < -0.39 is 136 Å². The Morgan fingerprint density at radius 1 is 0.438 bits per heavy atom. The second-order valence-corrected chi connectivity index (χ2v) is 24.5. The molecule has 4 saturated heterocycles. The molecule has 26 nitrogen and oxygen atoms in total. The van der Waals surface area contributed by atoms with Gasteiger partial charge in [0.05, 0.1) is 44.3 Å². The molecule has 112 heavy (non-hydrogen) atoms. The summed E-state index contributed by atoms with van der Waals surface area (Å²) in [6, 6.07) is 13.6. The van der Waals surface area contributed by atoms with Gasteiger partial charge in [-0.15, -0.1) is 0 Å². The maximum Gasteiger partial charge on any atom is 0.275 e. The fourth-order valence-electron chi connectivity index (χ4n) is 12.8. The molecule has 5 aromatic carbocycles. The molecule has 39 heteroatoms. The number of hydrogen-bond acceptors (Lipinski definition) is 22. The third-order valence-electron chi connectivity index (χ3n) is 18.0. The molecule has 0 aliphatic carbocycles. The van der Waals surface area contributed by atoms with Crippen molar-refractivity contribution in [2.24, 2.45) is 20.0 Å². The van der Waals surface area contributed by atoms with Gasteiger partial charge in [-0.25, -0.2) is 61.1 Å². The fraction of sp³-hybridized carbons (Fsp3) is 0.356. The van der Waals surface area contributed by atoms with E-state index in [2.05, 4.69) is 72.7 Å². The van der Waals surface area contributed by atoms with Crippen molar-refractivity contribution in [1.29, 1.82) is 36.8 Å². The van der Waals surface area contributed by atoms with E-state index in [1.165, 1.54) is 128 Å². The Balaban J connectivity index is 0.000000210. The number of nitrogens with one attached hydrogen (secondary N) is 3. The van der Waals surface area contributed by atoms with Gasteiger partial charge in [0.2, 0.25) is 11.8 Å². The number of guanidine groups is 4. The van der Waals surface area contributed by atoms with E-state index in [-0.39, 0.29) is 92.5 Å². The summed E-state index contributed by atoms with van der Waals surface area (Å²) in [6.45, 7) is 26.4. The van der Waals surface area contributed by atoms with Crippen molar-refractivity contribution in [2.45, 2.75) is 58.3 Å². The first-order valence-corrected chi connectivity index (χ1v) is 34.0. The molecule has 3 N–H and O–H groups in total. The maximum absolute atomic E-state index is 14.4. The summed E-state index contributed by atoms with van der Waals surface area (Å²) < 4.78 is 140. The van der Waals surface area contributed by atoms with Crippen LogP contribution in [0.1, 0.15) is 99.7 Å². The average Bonchev–Trinajstić information content (AvgIpc) is 0.720. The molecule has 575 valence electrons. The van der Waals surface area contributed by atoms with E-state index >= 15 is 0 Å². The molecule has 0 aromatic heterocycles.